The lowest BCUT2D eigenvalue weighted by atomic mass is 10.1. The molecule has 0 aromatic heterocycles. The molecule has 1 aliphatic carbocycles. The fourth-order valence-corrected chi connectivity index (χ4v) is 2.67. The number of ether oxygens (including phenoxy) is 1. The minimum atomic E-state index is -0.0355. The van der Waals surface area contributed by atoms with Gasteiger partial charge in [-0.2, -0.15) is 0 Å². The van der Waals surface area contributed by atoms with Crippen molar-refractivity contribution < 1.29 is 9.53 Å². The van der Waals surface area contributed by atoms with Crippen LogP contribution in [-0.2, 0) is 0 Å². The lowest BCUT2D eigenvalue weighted by molar-refractivity contribution is 0.0715. The molecule has 1 aromatic carbocycles. The second-order valence-corrected chi connectivity index (χ2v) is 5.82. The maximum atomic E-state index is 12.5. The van der Waals surface area contributed by atoms with Crippen molar-refractivity contribution in [3.8, 4) is 5.75 Å². The molecule has 0 radical (unpaired) electrons. The number of likely N-dealkylation sites (N-methyl/N-ethyl adjacent to an activating group) is 1. The molecule has 104 valence electrons. The Kier molecular flexibility index (Phi) is 4.47. The van der Waals surface area contributed by atoms with Crippen LogP contribution in [0.2, 0.25) is 0 Å². The second kappa shape index (κ2) is 5.92. The van der Waals surface area contributed by atoms with E-state index in [0.29, 0.717) is 23.8 Å². The third-order valence-electron chi connectivity index (χ3n) is 3.62. The molecule has 5 heteroatoms. The van der Waals surface area contributed by atoms with Crippen LogP contribution in [-0.4, -0.2) is 37.6 Å². The molecule has 19 heavy (non-hydrogen) atoms. The third-order valence-corrected chi connectivity index (χ3v) is 4.11. The molecule has 0 spiro atoms. The maximum Gasteiger partial charge on any atom is 0.257 e. The predicted molar refractivity (Wildman–Crippen MR) is 78.4 cm³/mol. The van der Waals surface area contributed by atoms with Crippen LogP contribution < -0.4 is 10.5 Å². The van der Waals surface area contributed by atoms with Gasteiger partial charge in [-0.3, -0.25) is 4.79 Å². The summed E-state index contributed by atoms with van der Waals surface area (Å²) in [5.74, 6) is 1.10. The summed E-state index contributed by atoms with van der Waals surface area (Å²) in [6.45, 7) is 0.506. The van der Waals surface area contributed by atoms with Crippen molar-refractivity contribution in [3.05, 3.63) is 28.2 Å². The number of methoxy groups -OCH3 is 1. The first-order valence-corrected chi connectivity index (χ1v) is 7.18. The van der Waals surface area contributed by atoms with Gasteiger partial charge in [0.2, 0.25) is 0 Å². The molecule has 1 fully saturated rings. The Hall–Kier alpha value is -1.07. The highest BCUT2D eigenvalue weighted by atomic mass is 79.9. The standard InChI is InChI=1S/C14H19BrN2O2/c1-17(12(8-16)9-3-4-9)14(18)11-6-5-10(15)7-13(11)19-2/h5-7,9,12H,3-4,8,16H2,1-2H3. The largest absolute Gasteiger partial charge is 0.496 e. The van der Waals surface area contributed by atoms with Crippen molar-refractivity contribution in [1.29, 1.82) is 0 Å². The number of rotatable bonds is 5. The quantitative estimate of drug-likeness (QED) is 0.903. The number of nitrogens with two attached hydrogens (primary N) is 1. The Labute approximate surface area is 122 Å². The minimum absolute atomic E-state index is 0.0355. The first kappa shape index (κ1) is 14.3. The van der Waals surface area contributed by atoms with E-state index in [1.165, 1.54) is 0 Å². The highest BCUT2D eigenvalue weighted by molar-refractivity contribution is 9.10. The van der Waals surface area contributed by atoms with Crippen molar-refractivity contribution in [1.82, 2.24) is 4.90 Å². The molecule has 0 aliphatic heterocycles. The second-order valence-electron chi connectivity index (χ2n) is 4.90. The zero-order valence-electron chi connectivity index (χ0n) is 11.2. The number of hydrogen-bond donors (Lipinski definition) is 1. The molecule has 1 amide bonds. The first-order valence-electron chi connectivity index (χ1n) is 6.39. The fourth-order valence-electron chi connectivity index (χ4n) is 2.33. The molecular weight excluding hydrogens is 308 g/mol. The van der Waals surface area contributed by atoms with E-state index in [2.05, 4.69) is 15.9 Å². The van der Waals surface area contributed by atoms with Crippen LogP contribution in [0.5, 0.6) is 5.75 Å². The SMILES string of the molecule is COc1cc(Br)ccc1C(=O)N(C)C(CN)C1CC1. The number of carbonyl (C=O) groups excluding carboxylic acids is 1. The summed E-state index contributed by atoms with van der Waals surface area (Å²) in [7, 11) is 3.39. The van der Waals surface area contributed by atoms with Crippen LogP contribution in [0, 0.1) is 5.92 Å². The number of carbonyl (C=O) groups is 1. The van der Waals surface area contributed by atoms with E-state index in [4.69, 9.17) is 10.5 Å². The van der Waals surface area contributed by atoms with Crippen LogP contribution in [0.25, 0.3) is 0 Å². The predicted octanol–water partition coefficient (Wildman–Crippen LogP) is 2.27. The molecule has 2 rings (SSSR count). The van der Waals surface area contributed by atoms with E-state index in [1.54, 1.807) is 24.1 Å². The lowest BCUT2D eigenvalue weighted by Gasteiger charge is -2.27. The number of halogens is 1. The van der Waals surface area contributed by atoms with Crippen LogP contribution in [0.1, 0.15) is 23.2 Å². The molecule has 1 atom stereocenters. The summed E-state index contributed by atoms with van der Waals surface area (Å²) >= 11 is 3.37. The number of amides is 1. The average Bonchev–Trinajstić information content (AvgIpc) is 3.23. The molecule has 0 bridgehead atoms. The summed E-state index contributed by atoms with van der Waals surface area (Å²) in [4.78, 5) is 14.3. The van der Waals surface area contributed by atoms with E-state index in [-0.39, 0.29) is 11.9 Å². The normalized spacial score (nSPS) is 16.0. The van der Waals surface area contributed by atoms with E-state index < -0.39 is 0 Å². The zero-order valence-corrected chi connectivity index (χ0v) is 12.8. The molecule has 1 unspecified atom stereocenters. The molecule has 2 N–H and O–H groups in total. The van der Waals surface area contributed by atoms with Crippen LogP contribution in [0.4, 0.5) is 0 Å². The smallest absolute Gasteiger partial charge is 0.257 e. The van der Waals surface area contributed by atoms with Crippen LogP contribution >= 0.6 is 15.9 Å². The zero-order chi connectivity index (χ0) is 14.0. The molecule has 0 heterocycles. The van der Waals surface area contributed by atoms with Gasteiger partial charge < -0.3 is 15.4 Å². The lowest BCUT2D eigenvalue weighted by Crippen LogP contribution is -2.43. The van der Waals surface area contributed by atoms with E-state index >= 15 is 0 Å². The average molecular weight is 327 g/mol. The molecular formula is C14H19BrN2O2. The van der Waals surface area contributed by atoms with Gasteiger partial charge >= 0.3 is 0 Å². The van der Waals surface area contributed by atoms with Gasteiger partial charge in [0.1, 0.15) is 5.75 Å². The minimum Gasteiger partial charge on any atom is -0.496 e. The van der Waals surface area contributed by atoms with Gasteiger partial charge in [0, 0.05) is 24.1 Å². The number of hydrogen-bond acceptors (Lipinski definition) is 3. The highest BCUT2D eigenvalue weighted by Crippen LogP contribution is 2.35. The van der Waals surface area contributed by atoms with Gasteiger partial charge in [0.05, 0.1) is 12.7 Å². The van der Waals surface area contributed by atoms with Crippen molar-refractivity contribution in [2.24, 2.45) is 11.7 Å². The van der Waals surface area contributed by atoms with Crippen LogP contribution in [0.3, 0.4) is 0 Å². The summed E-state index contributed by atoms with van der Waals surface area (Å²) in [5, 5.41) is 0. The summed E-state index contributed by atoms with van der Waals surface area (Å²) in [5.41, 5.74) is 6.37. The molecule has 1 saturated carbocycles. The molecule has 1 aromatic rings. The van der Waals surface area contributed by atoms with E-state index in [9.17, 15) is 4.79 Å². The van der Waals surface area contributed by atoms with Crippen molar-refractivity contribution >= 4 is 21.8 Å². The summed E-state index contributed by atoms with van der Waals surface area (Å²) in [6.07, 6.45) is 2.33. The Morgan fingerprint density at radius 3 is 2.79 bits per heavy atom. The van der Waals surface area contributed by atoms with Crippen molar-refractivity contribution in [2.45, 2.75) is 18.9 Å². The van der Waals surface area contributed by atoms with Crippen molar-refractivity contribution in [3.63, 3.8) is 0 Å². The molecule has 4 nitrogen and oxygen atoms in total. The number of benzene rings is 1. The van der Waals surface area contributed by atoms with Crippen molar-refractivity contribution in [2.75, 3.05) is 20.7 Å². The topological polar surface area (TPSA) is 55.6 Å². The maximum absolute atomic E-state index is 12.5. The van der Waals surface area contributed by atoms with E-state index in [1.807, 2.05) is 13.1 Å². The van der Waals surface area contributed by atoms with E-state index in [0.717, 1.165) is 17.3 Å². The monoisotopic (exact) mass is 326 g/mol. The van der Waals surface area contributed by atoms with Gasteiger partial charge in [-0.1, -0.05) is 15.9 Å². The Bertz CT molecular complexity index is 475. The Morgan fingerprint density at radius 1 is 1.58 bits per heavy atom. The fraction of sp³-hybridized carbons (Fsp3) is 0.500. The Balaban J connectivity index is 2.22. The number of nitrogens with zero attached hydrogens (tertiary/aromatic N) is 1. The molecule has 1 aliphatic rings. The Morgan fingerprint density at radius 2 is 2.26 bits per heavy atom. The molecule has 0 saturated heterocycles. The first-order chi connectivity index (χ1) is 9.08. The van der Waals surface area contributed by atoms with Gasteiger partial charge in [-0.15, -0.1) is 0 Å². The van der Waals surface area contributed by atoms with Gasteiger partial charge in [-0.25, -0.2) is 0 Å². The van der Waals surface area contributed by atoms with Gasteiger partial charge in [0.25, 0.3) is 5.91 Å². The van der Waals surface area contributed by atoms with Crippen LogP contribution in [0.15, 0.2) is 22.7 Å². The third kappa shape index (κ3) is 3.09. The van der Waals surface area contributed by atoms with Gasteiger partial charge in [-0.05, 0) is 37.0 Å². The summed E-state index contributed by atoms with van der Waals surface area (Å²) < 4.78 is 6.17. The van der Waals surface area contributed by atoms with Gasteiger partial charge in [0.15, 0.2) is 0 Å². The summed E-state index contributed by atoms with van der Waals surface area (Å²) in [6, 6.07) is 5.55. The highest BCUT2D eigenvalue weighted by Gasteiger charge is 2.35.